The Morgan fingerprint density at radius 1 is 1.08 bits per heavy atom. The van der Waals surface area contributed by atoms with Crippen molar-refractivity contribution in [2.45, 2.75) is 65.5 Å². The third kappa shape index (κ3) is 4.36. The number of fused-ring (bicyclic) bond motifs is 1. The largest absolute Gasteiger partial charge is 0.465 e. The van der Waals surface area contributed by atoms with Gasteiger partial charge in [-0.15, -0.1) is 0 Å². The predicted molar refractivity (Wildman–Crippen MR) is 135 cm³/mol. The van der Waals surface area contributed by atoms with Gasteiger partial charge in [-0.1, -0.05) is 39.3 Å². The minimum Gasteiger partial charge on any atom is -0.465 e. The Bertz CT molecular complexity index is 1360. The molecule has 0 spiro atoms. The van der Waals surface area contributed by atoms with E-state index in [4.69, 9.17) is 11.6 Å². The monoisotopic (exact) mass is 517 g/mol. The standard InChI is InChI=1S/C24H29ClFN7O3/c1-11(2)17-19(18(12(3)4)28-10-27-17)33-22-15(7-16(26)20(25)29-22)21(30-23(33)34)31-8-13(5)32(24(35)36)14(6)9-31/h7,10-14H,8-9H2,1-6H3,(H,35,36). The van der Waals surface area contributed by atoms with E-state index in [1.807, 2.05) is 27.7 Å². The molecule has 3 aromatic rings. The molecule has 1 aliphatic rings. The van der Waals surface area contributed by atoms with Crippen molar-refractivity contribution >= 4 is 34.5 Å². The molecule has 3 aromatic heterocycles. The molecule has 0 radical (unpaired) electrons. The van der Waals surface area contributed by atoms with Gasteiger partial charge in [0.25, 0.3) is 0 Å². The zero-order valence-electron chi connectivity index (χ0n) is 21.0. The number of pyridine rings is 1. The number of anilines is 1. The zero-order valence-corrected chi connectivity index (χ0v) is 21.8. The molecule has 4 rings (SSSR count). The Hall–Kier alpha value is -3.34. The molecule has 1 aliphatic heterocycles. The number of halogens is 2. The second-order valence-electron chi connectivity index (χ2n) is 9.78. The molecule has 4 heterocycles. The van der Waals surface area contributed by atoms with E-state index in [2.05, 4.69) is 19.9 Å². The number of amides is 1. The van der Waals surface area contributed by atoms with Crippen LogP contribution >= 0.6 is 11.6 Å². The highest BCUT2D eigenvalue weighted by Gasteiger charge is 2.35. The average molecular weight is 518 g/mol. The van der Waals surface area contributed by atoms with Gasteiger partial charge < -0.3 is 10.0 Å². The summed E-state index contributed by atoms with van der Waals surface area (Å²) in [4.78, 5) is 46.0. The van der Waals surface area contributed by atoms with Gasteiger partial charge in [0.2, 0.25) is 0 Å². The second kappa shape index (κ2) is 9.61. The summed E-state index contributed by atoms with van der Waals surface area (Å²) in [6, 6.07) is 0.465. The lowest BCUT2D eigenvalue weighted by atomic mass is 10.0. The first kappa shape index (κ1) is 25.7. The number of rotatable bonds is 4. The van der Waals surface area contributed by atoms with Gasteiger partial charge in [-0.2, -0.15) is 4.98 Å². The Balaban J connectivity index is 2.02. The van der Waals surface area contributed by atoms with Crippen LogP contribution < -0.4 is 10.6 Å². The predicted octanol–water partition coefficient (Wildman–Crippen LogP) is 4.19. The molecule has 1 amide bonds. The van der Waals surface area contributed by atoms with Crippen LogP contribution in [0.3, 0.4) is 0 Å². The molecule has 10 nitrogen and oxygen atoms in total. The molecular weight excluding hydrogens is 489 g/mol. The summed E-state index contributed by atoms with van der Waals surface area (Å²) in [6.45, 7) is 11.9. The summed E-state index contributed by atoms with van der Waals surface area (Å²) in [5.41, 5.74) is 1.23. The molecule has 1 saturated heterocycles. The summed E-state index contributed by atoms with van der Waals surface area (Å²) in [5, 5.41) is 9.48. The SMILES string of the molecule is CC(C)c1ncnc(C(C)C)c1-n1c(=O)nc(N2CC(C)N(C(=O)O)C(C)C2)c2cc(F)c(Cl)nc21. The van der Waals surface area contributed by atoms with Gasteiger partial charge in [-0.3, -0.25) is 4.90 Å². The fourth-order valence-corrected chi connectivity index (χ4v) is 5.01. The molecule has 0 bridgehead atoms. The number of hydrogen-bond donors (Lipinski definition) is 1. The maximum atomic E-state index is 14.7. The van der Waals surface area contributed by atoms with Crippen molar-refractivity contribution in [2.24, 2.45) is 0 Å². The Morgan fingerprint density at radius 3 is 2.14 bits per heavy atom. The topological polar surface area (TPSA) is 117 Å². The van der Waals surface area contributed by atoms with Gasteiger partial charge in [-0.25, -0.2) is 33.5 Å². The van der Waals surface area contributed by atoms with E-state index >= 15 is 0 Å². The molecule has 36 heavy (non-hydrogen) atoms. The smallest absolute Gasteiger partial charge is 0.407 e. The number of aromatic nitrogens is 5. The number of hydrogen-bond acceptors (Lipinski definition) is 7. The number of piperazine rings is 1. The van der Waals surface area contributed by atoms with Crippen LogP contribution in [-0.2, 0) is 0 Å². The normalized spacial score (nSPS) is 18.5. The molecule has 1 N–H and O–H groups in total. The molecule has 0 aliphatic carbocycles. The van der Waals surface area contributed by atoms with Crippen LogP contribution in [0, 0.1) is 5.82 Å². The van der Waals surface area contributed by atoms with Gasteiger partial charge in [0.15, 0.2) is 16.6 Å². The highest BCUT2D eigenvalue weighted by molar-refractivity contribution is 6.30. The van der Waals surface area contributed by atoms with Gasteiger partial charge in [-0.05, 0) is 31.7 Å². The Labute approximate surface area is 212 Å². The Morgan fingerprint density at radius 2 is 1.64 bits per heavy atom. The van der Waals surface area contributed by atoms with E-state index in [-0.39, 0.29) is 59.0 Å². The van der Waals surface area contributed by atoms with E-state index < -0.39 is 17.6 Å². The third-order valence-electron chi connectivity index (χ3n) is 6.39. The molecule has 12 heteroatoms. The van der Waals surface area contributed by atoms with E-state index in [0.29, 0.717) is 17.1 Å². The summed E-state index contributed by atoms with van der Waals surface area (Å²) in [5.74, 6) is -0.625. The van der Waals surface area contributed by atoms with Gasteiger partial charge in [0.05, 0.1) is 34.5 Å². The van der Waals surface area contributed by atoms with Crippen molar-refractivity contribution in [3.8, 4) is 5.69 Å². The van der Waals surface area contributed by atoms with Crippen molar-refractivity contribution in [1.29, 1.82) is 0 Å². The van der Waals surface area contributed by atoms with Crippen molar-refractivity contribution in [3.63, 3.8) is 0 Å². The van der Waals surface area contributed by atoms with E-state index in [0.717, 1.165) is 0 Å². The molecule has 0 saturated carbocycles. The Kier molecular flexibility index (Phi) is 6.87. The van der Waals surface area contributed by atoms with Crippen LogP contribution in [0.4, 0.5) is 15.0 Å². The minimum absolute atomic E-state index is 0.0520. The fraction of sp³-hybridized carbons (Fsp3) is 0.500. The van der Waals surface area contributed by atoms with Crippen molar-refractivity contribution in [1.82, 2.24) is 29.4 Å². The van der Waals surface area contributed by atoms with Crippen molar-refractivity contribution in [2.75, 3.05) is 18.0 Å². The van der Waals surface area contributed by atoms with Crippen molar-refractivity contribution in [3.05, 3.63) is 45.2 Å². The lowest BCUT2D eigenvalue weighted by molar-refractivity contribution is 0.0981. The molecule has 0 aromatic carbocycles. The van der Waals surface area contributed by atoms with Crippen molar-refractivity contribution < 1.29 is 14.3 Å². The highest BCUT2D eigenvalue weighted by Crippen LogP contribution is 2.33. The molecule has 2 unspecified atom stereocenters. The lowest BCUT2D eigenvalue weighted by Gasteiger charge is -2.43. The quantitative estimate of drug-likeness (QED) is 0.512. The van der Waals surface area contributed by atoms with E-state index in [9.17, 15) is 19.1 Å². The van der Waals surface area contributed by atoms with Crippen LogP contribution in [-0.4, -0.2) is 65.8 Å². The molecule has 2 atom stereocenters. The number of nitrogens with zero attached hydrogens (tertiary/aromatic N) is 7. The van der Waals surface area contributed by atoms with E-state index in [1.165, 1.54) is 21.9 Å². The van der Waals surface area contributed by atoms with E-state index in [1.54, 1.807) is 18.7 Å². The molecule has 192 valence electrons. The maximum Gasteiger partial charge on any atom is 0.407 e. The fourth-order valence-electron chi connectivity index (χ4n) is 4.88. The number of carbonyl (C=O) groups is 1. The van der Waals surface area contributed by atoms with Gasteiger partial charge in [0, 0.05) is 13.1 Å². The summed E-state index contributed by atoms with van der Waals surface area (Å²) in [6.07, 6.45) is 0.447. The van der Waals surface area contributed by atoms with Crippen LogP contribution in [0.5, 0.6) is 0 Å². The first-order valence-electron chi connectivity index (χ1n) is 11.8. The highest BCUT2D eigenvalue weighted by atomic mass is 35.5. The third-order valence-corrected chi connectivity index (χ3v) is 6.66. The van der Waals surface area contributed by atoms with Gasteiger partial charge in [0.1, 0.15) is 12.1 Å². The minimum atomic E-state index is -1.02. The molecular formula is C24H29ClFN7O3. The zero-order chi connectivity index (χ0) is 26.5. The first-order valence-corrected chi connectivity index (χ1v) is 12.2. The number of carboxylic acid groups (broad SMARTS) is 1. The van der Waals surface area contributed by atoms with Crippen LogP contribution in [0.25, 0.3) is 16.7 Å². The average Bonchev–Trinajstić information content (AvgIpc) is 2.78. The molecule has 1 fully saturated rings. The van der Waals surface area contributed by atoms with Gasteiger partial charge >= 0.3 is 11.8 Å². The summed E-state index contributed by atoms with van der Waals surface area (Å²) in [7, 11) is 0. The maximum absolute atomic E-state index is 14.7. The van der Waals surface area contributed by atoms with Crippen LogP contribution in [0.15, 0.2) is 17.2 Å². The first-order chi connectivity index (χ1) is 16.9. The van der Waals surface area contributed by atoms with Crippen LogP contribution in [0.1, 0.15) is 64.8 Å². The van der Waals surface area contributed by atoms with Crippen LogP contribution in [0.2, 0.25) is 5.15 Å². The summed E-state index contributed by atoms with van der Waals surface area (Å²) < 4.78 is 16.0. The summed E-state index contributed by atoms with van der Waals surface area (Å²) >= 11 is 6.10. The lowest BCUT2D eigenvalue weighted by Crippen LogP contribution is -2.58. The second-order valence-corrected chi connectivity index (χ2v) is 10.1.